The van der Waals surface area contributed by atoms with Crippen molar-refractivity contribution in [1.29, 1.82) is 0 Å². The zero-order chi connectivity index (χ0) is 41.2. The van der Waals surface area contributed by atoms with Crippen molar-refractivity contribution in [3.8, 4) is 39.5 Å². The summed E-state index contributed by atoms with van der Waals surface area (Å²) in [5.74, 6) is 0.722. The molecule has 0 unspecified atom stereocenters. The molecule has 4 heterocycles. The molecule has 10 aromatic carbocycles. The lowest BCUT2D eigenvalue weighted by atomic mass is 9.99. The van der Waals surface area contributed by atoms with Crippen molar-refractivity contribution in [2.75, 3.05) is 0 Å². The minimum Gasteiger partial charge on any atom is -0.308 e. The molecule has 292 valence electrons. The SMILES string of the molecule is c1ccc(-c2ccc(-c3nc(-c4ccc5sc6ccc(-n7c8ccccc8c8c9ccccc9c9c%10ccccc%10sc9c87)cc6c5c4)nc4c3ccc3ccccc34)cc2)cc1. The smallest absolute Gasteiger partial charge is 0.160 e. The molecule has 0 bridgehead atoms. The number of nitrogens with zero attached hydrogens (tertiary/aromatic N) is 3. The molecule has 0 radical (unpaired) electrons. The molecule has 0 atom stereocenters. The minimum atomic E-state index is 0.722. The summed E-state index contributed by atoms with van der Waals surface area (Å²) in [5, 5.41) is 13.6. The summed E-state index contributed by atoms with van der Waals surface area (Å²) >= 11 is 3.75. The molecule has 0 spiro atoms. The average molecular weight is 836 g/mol. The van der Waals surface area contributed by atoms with Crippen LogP contribution >= 0.6 is 22.7 Å². The fraction of sp³-hybridized carbons (Fsp3) is 0. The number of benzene rings is 10. The number of hydrogen-bond donors (Lipinski definition) is 0. The van der Waals surface area contributed by atoms with Gasteiger partial charge in [0.1, 0.15) is 0 Å². The van der Waals surface area contributed by atoms with E-state index in [1.165, 1.54) is 84.0 Å². The highest BCUT2D eigenvalue weighted by atomic mass is 32.1. The Bertz CT molecular complexity index is 4200. The van der Waals surface area contributed by atoms with Crippen LogP contribution in [0.3, 0.4) is 0 Å². The predicted octanol–water partition coefficient (Wildman–Crippen LogP) is 16.8. The molecule has 3 nitrogen and oxygen atoms in total. The lowest BCUT2D eigenvalue weighted by Gasteiger charge is -2.12. The third kappa shape index (κ3) is 5.18. The van der Waals surface area contributed by atoms with Crippen LogP contribution in [0.25, 0.3) is 134 Å². The van der Waals surface area contributed by atoms with Crippen molar-refractivity contribution in [2.45, 2.75) is 0 Å². The molecule has 63 heavy (non-hydrogen) atoms. The van der Waals surface area contributed by atoms with Gasteiger partial charge in [-0.05, 0) is 81.9 Å². The first-order valence-corrected chi connectivity index (χ1v) is 22.9. The number of rotatable bonds is 4. The van der Waals surface area contributed by atoms with Gasteiger partial charge in [-0.15, -0.1) is 22.7 Å². The number of thiophene rings is 2. The molecule has 4 aromatic heterocycles. The molecule has 5 heteroatoms. The van der Waals surface area contributed by atoms with Gasteiger partial charge in [-0.2, -0.15) is 0 Å². The molecule has 0 N–H and O–H groups in total. The normalized spacial score (nSPS) is 12.1. The summed E-state index contributed by atoms with van der Waals surface area (Å²) in [6.07, 6.45) is 0. The first-order chi connectivity index (χ1) is 31.2. The molecule has 0 fully saturated rings. The molecule has 14 rings (SSSR count). The van der Waals surface area contributed by atoms with E-state index in [2.05, 4.69) is 205 Å². The third-order valence-corrected chi connectivity index (χ3v) is 15.3. The van der Waals surface area contributed by atoms with Crippen LogP contribution < -0.4 is 0 Å². The van der Waals surface area contributed by atoms with Crippen LogP contribution in [0.15, 0.2) is 200 Å². The Labute approximate surface area is 369 Å². The standard InChI is InChI=1S/C58H33N3S2/c1-2-12-34(13-3-1)35-22-24-37(25-23-35)54-45-29-26-36-14-4-5-15-40(36)55(45)60-58(59-54)38-27-30-50-46(32-38)47-33-39(28-31-51(47)62-50)61-48-20-10-8-18-43(48)52-41-16-6-7-17-42(41)53-44-19-9-11-21-49(44)63-57(53)56(52)61/h1-33H. The van der Waals surface area contributed by atoms with Gasteiger partial charge in [0.25, 0.3) is 0 Å². The summed E-state index contributed by atoms with van der Waals surface area (Å²) in [7, 11) is 0. The number of aromatic nitrogens is 3. The van der Waals surface area contributed by atoms with E-state index in [-0.39, 0.29) is 0 Å². The molecule has 0 aliphatic rings. The first kappa shape index (κ1) is 35.0. The second-order valence-corrected chi connectivity index (χ2v) is 18.6. The highest BCUT2D eigenvalue weighted by Crippen LogP contribution is 2.48. The Balaban J connectivity index is 0.993. The van der Waals surface area contributed by atoms with Crippen LogP contribution in [-0.4, -0.2) is 14.5 Å². The van der Waals surface area contributed by atoms with Crippen molar-refractivity contribution in [3.63, 3.8) is 0 Å². The molecule has 0 saturated heterocycles. The van der Waals surface area contributed by atoms with Crippen molar-refractivity contribution >= 4 is 117 Å². The van der Waals surface area contributed by atoms with E-state index in [9.17, 15) is 0 Å². The monoisotopic (exact) mass is 835 g/mol. The summed E-state index contributed by atoms with van der Waals surface area (Å²) in [5.41, 5.74) is 9.98. The van der Waals surface area contributed by atoms with Crippen molar-refractivity contribution in [1.82, 2.24) is 14.5 Å². The molecular weight excluding hydrogens is 803 g/mol. The molecular formula is C58H33N3S2. The predicted molar refractivity (Wildman–Crippen MR) is 271 cm³/mol. The quantitative estimate of drug-likeness (QED) is 0.165. The fourth-order valence-electron chi connectivity index (χ4n) is 10.1. The highest BCUT2D eigenvalue weighted by Gasteiger charge is 2.22. The molecule has 0 amide bonds. The van der Waals surface area contributed by atoms with Gasteiger partial charge >= 0.3 is 0 Å². The fourth-order valence-corrected chi connectivity index (χ4v) is 12.4. The third-order valence-electron chi connectivity index (χ3n) is 13.0. The number of fused-ring (bicyclic) bond motifs is 16. The zero-order valence-electron chi connectivity index (χ0n) is 33.7. The molecule has 14 aromatic rings. The van der Waals surface area contributed by atoms with Crippen LogP contribution in [-0.2, 0) is 0 Å². The molecule has 0 aliphatic heterocycles. The van der Waals surface area contributed by atoms with E-state index in [4.69, 9.17) is 9.97 Å². The minimum absolute atomic E-state index is 0.722. The maximum absolute atomic E-state index is 5.41. The van der Waals surface area contributed by atoms with Crippen molar-refractivity contribution in [3.05, 3.63) is 200 Å². The Kier molecular flexibility index (Phi) is 7.43. The van der Waals surface area contributed by atoms with Crippen LogP contribution in [0.5, 0.6) is 0 Å². The van der Waals surface area contributed by atoms with E-state index in [1.54, 1.807) is 0 Å². The van der Waals surface area contributed by atoms with E-state index in [0.29, 0.717) is 0 Å². The van der Waals surface area contributed by atoms with Gasteiger partial charge in [0.2, 0.25) is 0 Å². The largest absolute Gasteiger partial charge is 0.308 e. The van der Waals surface area contributed by atoms with Gasteiger partial charge in [0.15, 0.2) is 5.82 Å². The highest BCUT2D eigenvalue weighted by molar-refractivity contribution is 7.27. The first-order valence-electron chi connectivity index (χ1n) is 21.3. The van der Waals surface area contributed by atoms with Gasteiger partial charge in [-0.1, -0.05) is 146 Å². The van der Waals surface area contributed by atoms with Gasteiger partial charge < -0.3 is 4.57 Å². The average Bonchev–Trinajstić information content (AvgIpc) is 4.04. The number of para-hydroxylation sites is 1. The van der Waals surface area contributed by atoms with Crippen LogP contribution in [0, 0.1) is 0 Å². The Morgan fingerprint density at radius 1 is 0.365 bits per heavy atom. The van der Waals surface area contributed by atoms with Crippen molar-refractivity contribution < 1.29 is 0 Å². The van der Waals surface area contributed by atoms with E-state index >= 15 is 0 Å². The second kappa shape index (κ2) is 13.4. The Hall–Kier alpha value is -7.70. The number of hydrogen-bond acceptors (Lipinski definition) is 4. The summed E-state index contributed by atoms with van der Waals surface area (Å²) in [6, 6.07) is 72.8. The van der Waals surface area contributed by atoms with E-state index < -0.39 is 0 Å². The van der Waals surface area contributed by atoms with Crippen LogP contribution in [0.2, 0.25) is 0 Å². The second-order valence-electron chi connectivity index (χ2n) is 16.4. The Morgan fingerprint density at radius 3 is 1.83 bits per heavy atom. The van der Waals surface area contributed by atoms with E-state index in [1.807, 2.05) is 22.7 Å². The van der Waals surface area contributed by atoms with Crippen LogP contribution in [0.4, 0.5) is 0 Å². The maximum atomic E-state index is 5.41. The molecule has 0 aliphatic carbocycles. The lowest BCUT2D eigenvalue weighted by Crippen LogP contribution is -1.96. The van der Waals surface area contributed by atoms with Crippen LogP contribution in [0.1, 0.15) is 0 Å². The summed E-state index contributed by atoms with van der Waals surface area (Å²) in [4.78, 5) is 10.8. The van der Waals surface area contributed by atoms with Gasteiger partial charge in [-0.3, -0.25) is 0 Å². The Morgan fingerprint density at radius 2 is 0.984 bits per heavy atom. The van der Waals surface area contributed by atoms with Gasteiger partial charge in [-0.25, -0.2) is 9.97 Å². The summed E-state index contributed by atoms with van der Waals surface area (Å²) < 4.78 is 7.66. The lowest BCUT2D eigenvalue weighted by molar-refractivity contribution is 1.20. The van der Waals surface area contributed by atoms with E-state index in [0.717, 1.165) is 50.0 Å². The van der Waals surface area contributed by atoms with Gasteiger partial charge in [0.05, 0.1) is 26.9 Å². The maximum Gasteiger partial charge on any atom is 0.160 e. The zero-order valence-corrected chi connectivity index (χ0v) is 35.3. The van der Waals surface area contributed by atoms with Gasteiger partial charge in [0, 0.05) is 74.0 Å². The topological polar surface area (TPSA) is 30.7 Å². The van der Waals surface area contributed by atoms with Crippen molar-refractivity contribution in [2.24, 2.45) is 0 Å². The summed E-state index contributed by atoms with van der Waals surface area (Å²) in [6.45, 7) is 0. The molecule has 0 saturated carbocycles.